The molecule has 2 heterocycles. The summed E-state index contributed by atoms with van der Waals surface area (Å²) in [5, 5.41) is 2.82. The molecule has 1 aliphatic rings. The zero-order valence-electron chi connectivity index (χ0n) is 18.3. The summed E-state index contributed by atoms with van der Waals surface area (Å²) in [5.74, 6) is 0.290. The van der Waals surface area contributed by atoms with Crippen molar-refractivity contribution in [1.82, 2.24) is 14.9 Å². The molecule has 0 radical (unpaired) electrons. The average Bonchev–Trinajstić information content (AvgIpc) is 2.85. The Morgan fingerprint density at radius 2 is 1.61 bits per heavy atom. The van der Waals surface area contributed by atoms with Gasteiger partial charge in [-0.25, -0.2) is 14.4 Å². The minimum Gasteiger partial charge on any atom is -0.339 e. The molecule has 0 aliphatic carbocycles. The number of nitrogens with one attached hydrogen (secondary N) is 1. The molecule has 0 spiro atoms. The van der Waals surface area contributed by atoms with Gasteiger partial charge >= 0.3 is 0 Å². The van der Waals surface area contributed by atoms with Crippen LogP contribution in [-0.4, -0.2) is 52.9 Å². The molecule has 1 fully saturated rings. The normalized spacial score (nSPS) is 13.6. The number of rotatable bonds is 7. The molecule has 0 bridgehead atoms. The van der Waals surface area contributed by atoms with Gasteiger partial charge in [-0.05, 0) is 41.8 Å². The summed E-state index contributed by atoms with van der Waals surface area (Å²) < 4.78 is 13.7. The molecule has 0 unspecified atom stereocenters. The fraction of sp³-hybridized carbons (Fsp3) is 0.280. The lowest BCUT2D eigenvalue weighted by Crippen LogP contribution is -2.49. The van der Waals surface area contributed by atoms with Crippen molar-refractivity contribution in [2.45, 2.75) is 19.3 Å². The van der Waals surface area contributed by atoms with Crippen molar-refractivity contribution in [1.29, 1.82) is 0 Å². The number of benzene rings is 2. The zero-order chi connectivity index (χ0) is 23.0. The highest BCUT2D eigenvalue weighted by atomic mass is 19.1. The molecule has 1 aromatic heterocycles. The number of aromatic nitrogens is 2. The van der Waals surface area contributed by atoms with Gasteiger partial charge in [-0.15, -0.1) is 0 Å². The fourth-order valence-electron chi connectivity index (χ4n) is 3.78. The maximum absolute atomic E-state index is 13.7. The van der Waals surface area contributed by atoms with E-state index >= 15 is 0 Å². The first-order chi connectivity index (χ1) is 16.1. The Balaban J connectivity index is 1.22. The zero-order valence-corrected chi connectivity index (χ0v) is 18.3. The van der Waals surface area contributed by atoms with Crippen LogP contribution in [0.25, 0.3) is 0 Å². The van der Waals surface area contributed by atoms with Crippen molar-refractivity contribution in [3.63, 3.8) is 0 Å². The van der Waals surface area contributed by atoms with E-state index in [2.05, 4.69) is 20.2 Å². The van der Waals surface area contributed by atoms with Crippen molar-refractivity contribution in [2.75, 3.05) is 36.4 Å². The van der Waals surface area contributed by atoms with E-state index in [0.29, 0.717) is 56.2 Å². The predicted molar refractivity (Wildman–Crippen MR) is 124 cm³/mol. The van der Waals surface area contributed by atoms with Crippen molar-refractivity contribution in [3.8, 4) is 0 Å². The van der Waals surface area contributed by atoms with Crippen LogP contribution in [0.15, 0.2) is 67.0 Å². The quantitative estimate of drug-likeness (QED) is 0.602. The van der Waals surface area contributed by atoms with Gasteiger partial charge in [0.15, 0.2) is 0 Å². The first-order valence-corrected chi connectivity index (χ1v) is 11.0. The molecule has 7 nitrogen and oxygen atoms in total. The molecule has 2 aromatic carbocycles. The number of halogens is 1. The van der Waals surface area contributed by atoms with Crippen LogP contribution in [0.4, 0.5) is 16.0 Å². The highest BCUT2D eigenvalue weighted by Crippen LogP contribution is 2.15. The Morgan fingerprint density at radius 1 is 0.909 bits per heavy atom. The molecule has 2 amide bonds. The number of amides is 2. The maximum atomic E-state index is 13.7. The summed E-state index contributed by atoms with van der Waals surface area (Å²) in [5.41, 5.74) is 2.07. The fourth-order valence-corrected chi connectivity index (χ4v) is 3.78. The molecule has 170 valence electrons. The summed E-state index contributed by atoms with van der Waals surface area (Å²) in [6.07, 6.45) is 4.28. The monoisotopic (exact) mass is 447 g/mol. The van der Waals surface area contributed by atoms with E-state index < -0.39 is 0 Å². The van der Waals surface area contributed by atoms with Gasteiger partial charge < -0.3 is 15.1 Å². The maximum Gasteiger partial charge on any atom is 0.227 e. The van der Waals surface area contributed by atoms with Gasteiger partial charge in [-0.3, -0.25) is 9.59 Å². The van der Waals surface area contributed by atoms with E-state index in [4.69, 9.17) is 0 Å². The van der Waals surface area contributed by atoms with E-state index in [0.717, 1.165) is 5.56 Å². The summed E-state index contributed by atoms with van der Waals surface area (Å²) in [4.78, 5) is 37.3. The smallest absolute Gasteiger partial charge is 0.227 e. The van der Waals surface area contributed by atoms with Gasteiger partial charge in [0.25, 0.3) is 0 Å². The second kappa shape index (κ2) is 10.7. The molecule has 1 N–H and O–H groups in total. The predicted octanol–water partition coefficient (Wildman–Crippen LogP) is 3.08. The van der Waals surface area contributed by atoms with E-state index in [1.807, 2.05) is 17.0 Å². The molecule has 3 aromatic rings. The van der Waals surface area contributed by atoms with Crippen molar-refractivity contribution >= 4 is 23.5 Å². The number of aryl methyl sites for hydroxylation is 1. The van der Waals surface area contributed by atoms with Crippen LogP contribution in [0.1, 0.15) is 17.5 Å². The van der Waals surface area contributed by atoms with E-state index in [9.17, 15) is 14.0 Å². The Kier molecular flexibility index (Phi) is 7.24. The van der Waals surface area contributed by atoms with Gasteiger partial charge in [0.2, 0.25) is 17.8 Å². The van der Waals surface area contributed by atoms with Crippen LogP contribution in [0.3, 0.4) is 0 Å². The van der Waals surface area contributed by atoms with Crippen molar-refractivity contribution < 1.29 is 14.0 Å². The van der Waals surface area contributed by atoms with Gasteiger partial charge in [0, 0.05) is 50.7 Å². The second-order valence-corrected chi connectivity index (χ2v) is 7.93. The molecule has 1 saturated heterocycles. The summed E-state index contributed by atoms with van der Waals surface area (Å²) >= 11 is 0. The van der Waals surface area contributed by atoms with E-state index in [-0.39, 0.29) is 24.1 Å². The average molecular weight is 448 g/mol. The van der Waals surface area contributed by atoms with Gasteiger partial charge in [-0.1, -0.05) is 30.3 Å². The molecule has 0 saturated carbocycles. The Hall–Kier alpha value is -3.81. The Morgan fingerprint density at radius 3 is 2.30 bits per heavy atom. The first kappa shape index (κ1) is 22.4. The topological polar surface area (TPSA) is 78.4 Å². The number of piperazine rings is 1. The SMILES string of the molecule is O=C(CCc1ccccc1F)Nc1ccc(CC(=O)N2CCN(c3ncccn3)CC2)cc1. The summed E-state index contributed by atoms with van der Waals surface area (Å²) in [7, 11) is 0. The standard InChI is InChI=1S/C25H26FN5O2/c26-22-5-2-1-4-20(22)8-11-23(32)29-21-9-6-19(7-10-21)18-24(33)30-14-16-31(17-15-30)25-27-12-3-13-28-25/h1-7,9-10,12-13H,8,11,14-18H2,(H,29,32). The summed E-state index contributed by atoms with van der Waals surface area (Å²) in [6.45, 7) is 2.67. The Labute approximate surface area is 192 Å². The number of nitrogens with zero attached hydrogens (tertiary/aromatic N) is 4. The number of hydrogen-bond acceptors (Lipinski definition) is 5. The second-order valence-electron chi connectivity index (χ2n) is 7.93. The lowest BCUT2D eigenvalue weighted by Gasteiger charge is -2.34. The number of hydrogen-bond donors (Lipinski definition) is 1. The molecule has 4 rings (SSSR count). The number of carbonyl (C=O) groups is 2. The van der Waals surface area contributed by atoms with E-state index in [1.165, 1.54) is 6.07 Å². The highest BCUT2D eigenvalue weighted by molar-refractivity contribution is 5.91. The molecule has 8 heteroatoms. The van der Waals surface area contributed by atoms with Crippen LogP contribution in [-0.2, 0) is 22.4 Å². The van der Waals surface area contributed by atoms with E-state index in [1.54, 1.807) is 48.8 Å². The van der Waals surface area contributed by atoms with Crippen molar-refractivity contribution in [2.24, 2.45) is 0 Å². The molecular formula is C25H26FN5O2. The van der Waals surface area contributed by atoms with Crippen molar-refractivity contribution in [3.05, 3.63) is 83.9 Å². The lowest BCUT2D eigenvalue weighted by molar-refractivity contribution is -0.130. The van der Waals surface area contributed by atoms with Gasteiger partial charge in [0.1, 0.15) is 5.82 Å². The van der Waals surface area contributed by atoms with Crippen LogP contribution in [0.5, 0.6) is 0 Å². The van der Waals surface area contributed by atoms with Gasteiger partial charge in [0.05, 0.1) is 6.42 Å². The van der Waals surface area contributed by atoms with Gasteiger partial charge in [-0.2, -0.15) is 0 Å². The third kappa shape index (κ3) is 6.12. The minimum absolute atomic E-state index is 0.0744. The van der Waals surface area contributed by atoms with Crippen LogP contribution in [0.2, 0.25) is 0 Å². The number of anilines is 2. The third-order valence-electron chi connectivity index (χ3n) is 5.64. The molecular weight excluding hydrogens is 421 g/mol. The highest BCUT2D eigenvalue weighted by Gasteiger charge is 2.22. The van der Waals surface area contributed by atoms with Crippen LogP contribution >= 0.6 is 0 Å². The van der Waals surface area contributed by atoms with Crippen LogP contribution < -0.4 is 10.2 Å². The third-order valence-corrected chi connectivity index (χ3v) is 5.64. The summed E-state index contributed by atoms with van der Waals surface area (Å²) in [6, 6.07) is 15.5. The van der Waals surface area contributed by atoms with Crippen LogP contribution in [0, 0.1) is 5.82 Å². The molecule has 1 aliphatic heterocycles. The largest absolute Gasteiger partial charge is 0.339 e. The lowest BCUT2D eigenvalue weighted by atomic mass is 10.1. The Bertz CT molecular complexity index is 1080. The minimum atomic E-state index is -0.297. The molecule has 0 atom stereocenters. The first-order valence-electron chi connectivity index (χ1n) is 11.0. The molecule has 33 heavy (non-hydrogen) atoms. The number of carbonyl (C=O) groups excluding carboxylic acids is 2.